The zero-order valence-corrected chi connectivity index (χ0v) is 13.4. The summed E-state index contributed by atoms with van der Waals surface area (Å²) in [5.74, 6) is -0.133. The Morgan fingerprint density at radius 1 is 1.29 bits per heavy atom. The Morgan fingerprint density at radius 2 is 2.00 bits per heavy atom. The van der Waals surface area contributed by atoms with E-state index in [0.717, 1.165) is 19.3 Å². The van der Waals surface area contributed by atoms with Crippen molar-refractivity contribution in [3.8, 4) is 17.1 Å². The molecule has 2 aromatic rings. The summed E-state index contributed by atoms with van der Waals surface area (Å²) in [6.07, 6.45) is 2.91. The summed E-state index contributed by atoms with van der Waals surface area (Å²) < 4.78 is 10.4. The number of ether oxygens (including phenoxy) is 1. The van der Waals surface area contributed by atoms with Crippen molar-refractivity contribution in [1.29, 1.82) is 0 Å². The van der Waals surface area contributed by atoms with Gasteiger partial charge in [-0.1, -0.05) is 18.0 Å². The first-order valence-corrected chi connectivity index (χ1v) is 7.92. The van der Waals surface area contributed by atoms with Crippen molar-refractivity contribution in [2.45, 2.75) is 37.8 Å². The van der Waals surface area contributed by atoms with Gasteiger partial charge in [0.15, 0.2) is 17.1 Å². The average Bonchev–Trinajstić information content (AvgIpc) is 3.01. The van der Waals surface area contributed by atoms with E-state index in [0.29, 0.717) is 17.7 Å². The van der Waals surface area contributed by atoms with Crippen LogP contribution in [0.3, 0.4) is 0 Å². The molecular weight excluding hydrogens is 312 g/mol. The molecule has 1 aromatic carbocycles. The van der Waals surface area contributed by atoms with Gasteiger partial charge in [0.1, 0.15) is 5.75 Å². The Hall–Kier alpha value is -2.54. The standard InChI is InChI=1S/C17H20N2O5/c1-23-11-8-6-10(7-9-11)15-14(17(21)22)16(19-24-15)18-12-4-2-3-5-13(12)20/h6-9,12-13,20H,2-5H2,1H3,(H,18,19)(H,21,22)/t12-,13-/m1/s1. The first-order valence-electron chi connectivity index (χ1n) is 7.92. The number of aliphatic hydroxyl groups excluding tert-OH is 1. The Balaban J connectivity index is 1.90. The number of rotatable bonds is 5. The molecule has 1 saturated carbocycles. The molecule has 0 unspecified atom stereocenters. The van der Waals surface area contributed by atoms with Gasteiger partial charge in [-0.15, -0.1) is 0 Å². The number of hydrogen-bond donors (Lipinski definition) is 3. The number of anilines is 1. The molecule has 1 aliphatic rings. The second kappa shape index (κ2) is 6.92. The minimum atomic E-state index is -1.13. The molecule has 2 atom stereocenters. The Bertz CT molecular complexity index is 710. The van der Waals surface area contributed by atoms with E-state index >= 15 is 0 Å². The van der Waals surface area contributed by atoms with Gasteiger partial charge in [0.25, 0.3) is 0 Å². The van der Waals surface area contributed by atoms with Crippen molar-refractivity contribution in [2.24, 2.45) is 0 Å². The van der Waals surface area contributed by atoms with Crippen LogP contribution in [-0.4, -0.2) is 40.6 Å². The molecule has 7 heteroatoms. The predicted molar refractivity (Wildman–Crippen MR) is 87.3 cm³/mol. The van der Waals surface area contributed by atoms with Crippen molar-refractivity contribution in [3.63, 3.8) is 0 Å². The molecular formula is C17H20N2O5. The summed E-state index contributed by atoms with van der Waals surface area (Å²) in [6, 6.07) is 6.66. The summed E-state index contributed by atoms with van der Waals surface area (Å²) in [5.41, 5.74) is 0.566. The second-order valence-electron chi connectivity index (χ2n) is 5.87. The molecule has 24 heavy (non-hydrogen) atoms. The van der Waals surface area contributed by atoms with E-state index in [2.05, 4.69) is 10.5 Å². The average molecular weight is 332 g/mol. The zero-order chi connectivity index (χ0) is 17.1. The van der Waals surface area contributed by atoms with Crippen molar-refractivity contribution >= 4 is 11.8 Å². The Kier molecular flexibility index (Phi) is 4.71. The maximum absolute atomic E-state index is 11.7. The highest BCUT2D eigenvalue weighted by molar-refractivity contribution is 5.99. The first kappa shape index (κ1) is 16.3. The Morgan fingerprint density at radius 3 is 2.62 bits per heavy atom. The van der Waals surface area contributed by atoms with Crippen LogP contribution in [0.5, 0.6) is 5.75 Å². The third-order valence-corrected chi connectivity index (χ3v) is 4.31. The van der Waals surface area contributed by atoms with E-state index in [1.807, 2.05) is 0 Å². The highest BCUT2D eigenvalue weighted by Crippen LogP contribution is 2.32. The molecule has 0 spiro atoms. The van der Waals surface area contributed by atoms with Gasteiger partial charge in [-0.05, 0) is 37.1 Å². The van der Waals surface area contributed by atoms with Gasteiger partial charge in [-0.2, -0.15) is 0 Å². The van der Waals surface area contributed by atoms with Crippen LogP contribution in [-0.2, 0) is 0 Å². The number of aliphatic hydroxyl groups is 1. The SMILES string of the molecule is COc1ccc(-c2onc(N[C@@H]3CCCC[C@H]3O)c2C(=O)O)cc1. The number of hydrogen-bond acceptors (Lipinski definition) is 6. The van der Waals surface area contributed by atoms with Crippen molar-refractivity contribution in [1.82, 2.24) is 5.16 Å². The fourth-order valence-electron chi connectivity index (χ4n) is 2.98. The highest BCUT2D eigenvalue weighted by atomic mass is 16.5. The van der Waals surface area contributed by atoms with Gasteiger partial charge in [-0.25, -0.2) is 4.79 Å². The lowest BCUT2D eigenvalue weighted by Crippen LogP contribution is -2.36. The summed E-state index contributed by atoms with van der Waals surface area (Å²) in [7, 11) is 1.56. The number of carboxylic acid groups (broad SMARTS) is 1. The fraction of sp³-hybridized carbons (Fsp3) is 0.412. The minimum Gasteiger partial charge on any atom is -0.497 e. The first-order chi connectivity index (χ1) is 11.6. The molecule has 0 saturated heterocycles. The van der Waals surface area contributed by atoms with Crippen molar-refractivity contribution in [3.05, 3.63) is 29.8 Å². The van der Waals surface area contributed by atoms with Crippen LogP contribution >= 0.6 is 0 Å². The van der Waals surface area contributed by atoms with Gasteiger partial charge in [-0.3, -0.25) is 0 Å². The van der Waals surface area contributed by atoms with Gasteiger partial charge in [0.05, 0.1) is 19.3 Å². The molecule has 3 rings (SSSR count). The molecule has 7 nitrogen and oxygen atoms in total. The van der Waals surface area contributed by atoms with Crippen LogP contribution < -0.4 is 10.1 Å². The van der Waals surface area contributed by atoms with E-state index in [4.69, 9.17) is 9.26 Å². The van der Waals surface area contributed by atoms with Crippen LogP contribution in [0.2, 0.25) is 0 Å². The van der Waals surface area contributed by atoms with Gasteiger partial charge < -0.3 is 24.8 Å². The topological polar surface area (TPSA) is 105 Å². The van der Waals surface area contributed by atoms with E-state index < -0.39 is 12.1 Å². The van der Waals surface area contributed by atoms with Crippen LogP contribution in [0.15, 0.2) is 28.8 Å². The lowest BCUT2D eigenvalue weighted by molar-refractivity contribution is 0.0697. The molecule has 1 aromatic heterocycles. The third kappa shape index (κ3) is 3.21. The smallest absolute Gasteiger partial charge is 0.343 e. The molecule has 1 fully saturated rings. The van der Waals surface area contributed by atoms with Crippen molar-refractivity contribution < 1.29 is 24.3 Å². The number of carboxylic acids is 1. The summed E-state index contributed by atoms with van der Waals surface area (Å²) in [4.78, 5) is 11.7. The summed E-state index contributed by atoms with van der Waals surface area (Å²) in [6.45, 7) is 0. The van der Waals surface area contributed by atoms with Gasteiger partial charge >= 0.3 is 5.97 Å². The normalized spacial score (nSPS) is 20.6. The third-order valence-electron chi connectivity index (χ3n) is 4.31. The molecule has 0 bridgehead atoms. The molecule has 0 amide bonds. The number of aromatic nitrogens is 1. The van der Waals surface area contributed by atoms with Gasteiger partial charge in [0.2, 0.25) is 0 Å². The maximum atomic E-state index is 11.7. The molecule has 3 N–H and O–H groups in total. The van der Waals surface area contributed by atoms with E-state index in [1.165, 1.54) is 0 Å². The fourth-order valence-corrected chi connectivity index (χ4v) is 2.98. The lowest BCUT2D eigenvalue weighted by Gasteiger charge is -2.28. The van der Waals surface area contributed by atoms with Gasteiger partial charge in [0, 0.05) is 5.56 Å². The zero-order valence-electron chi connectivity index (χ0n) is 13.4. The predicted octanol–water partition coefficient (Wildman–Crippen LogP) is 2.76. The van der Waals surface area contributed by atoms with Crippen LogP contribution in [0, 0.1) is 0 Å². The molecule has 0 aliphatic heterocycles. The second-order valence-corrected chi connectivity index (χ2v) is 5.87. The highest BCUT2D eigenvalue weighted by Gasteiger charge is 2.29. The van der Waals surface area contributed by atoms with Crippen LogP contribution in [0.25, 0.3) is 11.3 Å². The number of nitrogens with zero attached hydrogens (tertiary/aromatic N) is 1. The quantitative estimate of drug-likeness (QED) is 0.773. The van der Waals surface area contributed by atoms with Crippen LogP contribution in [0.4, 0.5) is 5.82 Å². The lowest BCUT2D eigenvalue weighted by atomic mass is 9.92. The summed E-state index contributed by atoms with van der Waals surface area (Å²) >= 11 is 0. The number of methoxy groups -OCH3 is 1. The molecule has 1 aliphatic carbocycles. The Labute approximate surface area is 139 Å². The monoisotopic (exact) mass is 332 g/mol. The maximum Gasteiger partial charge on any atom is 0.343 e. The van der Waals surface area contributed by atoms with Crippen LogP contribution in [0.1, 0.15) is 36.0 Å². The summed E-state index contributed by atoms with van der Waals surface area (Å²) in [5, 5.41) is 26.5. The number of nitrogens with one attached hydrogen (secondary N) is 1. The number of benzene rings is 1. The molecule has 128 valence electrons. The largest absolute Gasteiger partial charge is 0.497 e. The number of carbonyl (C=O) groups is 1. The minimum absolute atomic E-state index is 0.0297. The molecule has 0 radical (unpaired) electrons. The van der Waals surface area contributed by atoms with E-state index in [9.17, 15) is 15.0 Å². The number of aromatic carboxylic acids is 1. The molecule has 1 heterocycles. The van der Waals surface area contributed by atoms with E-state index in [1.54, 1.807) is 31.4 Å². The van der Waals surface area contributed by atoms with E-state index in [-0.39, 0.29) is 23.2 Å². The van der Waals surface area contributed by atoms with Crippen molar-refractivity contribution in [2.75, 3.05) is 12.4 Å².